The van der Waals surface area contributed by atoms with E-state index < -0.39 is 0 Å². The lowest BCUT2D eigenvalue weighted by Crippen LogP contribution is -2.48. The molecule has 0 atom stereocenters. The number of benzene rings is 2. The minimum Gasteiger partial charge on any atom is -0.473 e. The summed E-state index contributed by atoms with van der Waals surface area (Å²) in [6.07, 6.45) is 1.62. The largest absolute Gasteiger partial charge is 0.473 e. The Hall–Kier alpha value is -4.04. The first-order chi connectivity index (χ1) is 17.1. The zero-order valence-electron chi connectivity index (χ0n) is 19.6. The van der Waals surface area contributed by atoms with E-state index in [0.717, 1.165) is 24.2 Å². The summed E-state index contributed by atoms with van der Waals surface area (Å²) in [6.45, 7) is 5.73. The summed E-state index contributed by atoms with van der Waals surface area (Å²) in [7, 11) is 0. The average Bonchev–Trinajstić information content (AvgIpc) is 3.37. The van der Waals surface area contributed by atoms with Crippen LogP contribution in [0, 0.1) is 6.92 Å². The third-order valence-corrected chi connectivity index (χ3v) is 6.01. The van der Waals surface area contributed by atoms with Gasteiger partial charge < -0.3 is 14.2 Å². The Labute approximate surface area is 204 Å². The summed E-state index contributed by atoms with van der Waals surface area (Å²) < 4.78 is 11.2. The first kappa shape index (κ1) is 22.7. The maximum atomic E-state index is 13.1. The van der Waals surface area contributed by atoms with Crippen molar-refractivity contribution < 1.29 is 14.1 Å². The Bertz CT molecular complexity index is 1270. The van der Waals surface area contributed by atoms with Gasteiger partial charge in [-0.1, -0.05) is 65.3 Å². The van der Waals surface area contributed by atoms with Crippen LogP contribution >= 0.6 is 0 Å². The summed E-state index contributed by atoms with van der Waals surface area (Å²) in [4.78, 5) is 25.9. The zero-order valence-corrected chi connectivity index (χ0v) is 19.6. The van der Waals surface area contributed by atoms with Crippen molar-refractivity contribution >= 4 is 5.91 Å². The fourth-order valence-corrected chi connectivity index (χ4v) is 3.97. The van der Waals surface area contributed by atoms with Gasteiger partial charge in [-0.25, -0.2) is 4.98 Å². The normalized spacial score (nSPS) is 14.1. The Morgan fingerprint density at radius 2 is 1.77 bits per heavy atom. The fourth-order valence-electron chi connectivity index (χ4n) is 3.97. The lowest BCUT2D eigenvalue weighted by Gasteiger charge is -2.34. The van der Waals surface area contributed by atoms with E-state index in [1.165, 1.54) is 5.56 Å². The molecule has 35 heavy (non-hydrogen) atoms. The van der Waals surface area contributed by atoms with Crippen LogP contribution < -0.4 is 4.74 Å². The van der Waals surface area contributed by atoms with Crippen LogP contribution in [0.25, 0.3) is 11.4 Å². The van der Waals surface area contributed by atoms with Gasteiger partial charge >= 0.3 is 0 Å². The number of ether oxygens (including phenoxy) is 1. The van der Waals surface area contributed by atoms with Crippen molar-refractivity contribution in [1.29, 1.82) is 0 Å². The molecular weight excluding hydrogens is 442 g/mol. The molecule has 1 saturated heterocycles. The molecule has 0 bridgehead atoms. The lowest BCUT2D eigenvalue weighted by atomic mass is 10.1. The topological polar surface area (TPSA) is 84.6 Å². The highest BCUT2D eigenvalue weighted by atomic mass is 16.5. The molecule has 1 aliphatic rings. The standard InChI is InChI=1S/C27H27N5O3/c1-20-7-9-22(10-8-20)26-29-25(35-30-26)18-31-13-15-32(16-14-31)27(33)23-11-12-28-24(17-23)34-19-21-5-3-2-4-6-21/h2-12,17H,13-16,18-19H2,1H3. The molecule has 8 heteroatoms. The summed E-state index contributed by atoms with van der Waals surface area (Å²) in [5.41, 5.74) is 3.75. The number of carbonyl (C=O) groups excluding carboxylic acids is 1. The van der Waals surface area contributed by atoms with E-state index in [1.807, 2.05) is 66.4 Å². The highest BCUT2D eigenvalue weighted by Gasteiger charge is 2.24. The molecular formula is C27H27N5O3. The van der Waals surface area contributed by atoms with Gasteiger partial charge in [-0.05, 0) is 18.6 Å². The molecule has 0 aliphatic carbocycles. The van der Waals surface area contributed by atoms with Gasteiger partial charge in [0.15, 0.2) is 0 Å². The van der Waals surface area contributed by atoms with Gasteiger partial charge in [-0.15, -0.1) is 0 Å². The molecule has 1 fully saturated rings. The van der Waals surface area contributed by atoms with Crippen LogP contribution in [-0.4, -0.2) is 57.0 Å². The Morgan fingerprint density at radius 1 is 1.00 bits per heavy atom. The van der Waals surface area contributed by atoms with Crippen molar-refractivity contribution in [2.45, 2.75) is 20.1 Å². The Balaban J connectivity index is 1.13. The Kier molecular flexibility index (Phi) is 6.81. The second-order valence-electron chi connectivity index (χ2n) is 8.60. The molecule has 0 radical (unpaired) electrons. The first-order valence-electron chi connectivity index (χ1n) is 11.7. The van der Waals surface area contributed by atoms with E-state index in [4.69, 9.17) is 9.26 Å². The number of carbonyl (C=O) groups is 1. The number of pyridine rings is 1. The van der Waals surface area contributed by atoms with Crippen LogP contribution in [-0.2, 0) is 13.2 Å². The number of aromatic nitrogens is 3. The molecule has 8 nitrogen and oxygen atoms in total. The molecule has 5 rings (SSSR count). The van der Waals surface area contributed by atoms with Crippen molar-refractivity contribution in [3.8, 4) is 17.3 Å². The van der Waals surface area contributed by atoms with E-state index in [0.29, 0.717) is 49.4 Å². The maximum Gasteiger partial charge on any atom is 0.254 e. The molecule has 4 aromatic rings. The van der Waals surface area contributed by atoms with Crippen molar-refractivity contribution in [3.63, 3.8) is 0 Å². The van der Waals surface area contributed by atoms with E-state index in [2.05, 4.69) is 20.0 Å². The highest BCUT2D eigenvalue weighted by Crippen LogP contribution is 2.18. The average molecular weight is 470 g/mol. The van der Waals surface area contributed by atoms with Gasteiger partial charge in [0.2, 0.25) is 17.6 Å². The van der Waals surface area contributed by atoms with Crippen LogP contribution in [0.15, 0.2) is 77.4 Å². The monoisotopic (exact) mass is 469 g/mol. The number of aryl methyl sites for hydroxylation is 1. The van der Waals surface area contributed by atoms with E-state index in [9.17, 15) is 4.79 Å². The molecule has 0 spiro atoms. The zero-order chi connectivity index (χ0) is 24.0. The van der Waals surface area contributed by atoms with Gasteiger partial charge in [0.1, 0.15) is 6.61 Å². The number of piperazine rings is 1. The van der Waals surface area contributed by atoms with Crippen LogP contribution in [0.3, 0.4) is 0 Å². The smallest absolute Gasteiger partial charge is 0.254 e. The van der Waals surface area contributed by atoms with Crippen molar-refractivity contribution in [2.24, 2.45) is 0 Å². The molecule has 2 aromatic heterocycles. The second kappa shape index (κ2) is 10.5. The fraction of sp³-hybridized carbons (Fsp3) is 0.259. The molecule has 178 valence electrons. The number of nitrogens with zero attached hydrogens (tertiary/aromatic N) is 5. The number of rotatable bonds is 7. The van der Waals surface area contributed by atoms with Crippen LogP contribution in [0.4, 0.5) is 0 Å². The quantitative estimate of drug-likeness (QED) is 0.405. The predicted molar refractivity (Wildman–Crippen MR) is 131 cm³/mol. The number of hydrogen-bond donors (Lipinski definition) is 0. The Morgan fingerprint density at radius 3 is 2.54 bits per heavy atom. The van der Waals surface area contributed by atoms with Gasteiger partial charge in [-0.2, -0.15) is 4.98 Å². The second-order valence-corrected chi connectivity index (χ2v) is 8.60. The van der Waals surface area contributed by atoms with Crippen molar-refractivity contribution in [3.05, 3.63) is 95.5 Å². The molecule has 3 heterocycles. The van der Waals surface area contributed by atoms with Gasteiger partial charge in [0.25, 0.3) is 5.91 Å². The first-order valence-corrected chi connectivity index (χ1v) is 11.7. The highest BCUT2D eigenvalue weighted by molar-refractivity contribution is 5.94. The van der Waals surface area contributed by atoms with E-state index in [-0.39, 0.29) is 5.91 Å². The SMILES string of the molecule is Cc1ccc(-c2noc(CN3CCN(C(=O)c4ccnc(OCc5ccccc5)c4)CC3)n2)cc1. The molecule has 2 aromatic carbocycles. The van der Waals surface area contributed by atoms with Gasteiger partial charge in [0, 0.05) is 49.6 Å². The number of hydrogen-bond acceptors (Lipinski definition) is 7. The van der Waals surface area contributed by atoms with Crippen LogP contribution in [0.2, 0.25) is 0 Å². The minimum atomic E-state index is -0.0175. The molecule has 1 aliphatic heterocycles. The van der Waals surface area contributed by atoms with Crippen molar-refractivity contribution in [2.75, 3.05) is 26.2 Å². The summed E-state index contributed by atoms with van der Waals surface area (Å²) in [6, 6.07) is 21.4. The summed E-state index contributed by atoms with van der Waals surface area (Å²) in [5, 5.41) is 4.11. The third-order valence-electron chi connectivity index (χ3n) is 6.01. The predicted octanol–water partition coefficient (Wildman–Crippen LogP) is 3.98. The lowest BCUT2D eigenvalue weighted by molar-refractivity contribution is 0.0614. The molecule has 0 N–H and O–H groups in total. The molecule has 0 saturated carbocycles. The van der Waals surface area contributed by atoms with Crippen LogP contribution in [0.5, 0.6) is 5.88 Å². The third kappa shape index (κ3) is 5.73. The van der Waals surface area contributed by atoms with E-state index >= 15 is 0 Å². The summed E-state index contributed by atoms with van der Waals surface area (Å²) >= 11 is 0. The van der Waals surface area contributed by atoms with Crippen molar-refractivity contribution in [1.82, 2.24) is 24.9 Å². The van der Waals surface area contributed by atoms with Gasteiger partial charge in [0.05, 0.1) is 6.54 Å². The molecule has 0 unspecified atom stereocenters. The maximum absolute atomic E-state index is 13.1. The molecule has 1 amide bonds. The van der Waals surface area contributed by atoms with Gasteiger partial charge in [-0.3, -0.25) is 9.69 Å². The minimum absolute atomic E-state index is 0.0175. The van der Waals surface area contributed by atoms with Crippen LogP contribution in [0.1, 0.15) is 27.4 Å². The van der Waals surface area contributed by atoms with E-state index in [1.54, 1.807) is 18.3 Å². The number of amides is 1. The summed E-state index contributed by atoms with van der Waals surface area (Å²) in [5.74, 6) is 1.60.